The first-order valence-corrected chi connectivity index (χ1v) is 6.21. The van der Waals surface area contributed by atoms with Crippen LogP contribution in [0.4, 0.5) is 11.5 Å². The zero-order valence-electron chi connectivity index (χ0n) is 10.3. The van der Waals surface area contributed by atoms with E-state index in [4.69, 9.17) is 21.8 Å². The van der Waals surface area contributed by atoms with Crippen LogP contribution in [0.2, 0.25) is 5.02 Å². The van der Waals surface area contributed by atoms with Gasteiger partial charge in [0.2, 0.25) is 0 Å². The average Bonchev–Trinajstić information content (AvgIpc) is 2.81. The molecule has 100 valence electrons. The summed E-state index contributed by atoms with van der Waals surface area (Å²) in [5.74, 6) is 0.157. The van der Waals surface area contributed by atoms with E-state index in [0.29, 0.717) is 22.1 Å². The molecule has 3 aromatic rings. The topological polar surface area (TPSA) is 81.1 Å². The standard InChI is InChI=1S/C14H10ClN3O2/c15-9-3-4-17-13(7-9)18-14(19)12-6-8-5-10(16)1-2-11(8)20-12/h1-7H,16H2,(H,17,18,19). The Morgan fingerprint density at radius 1 is 1.25 bits per heavy atom. The number of pyridine rings is 1. The minimum Gasteiger partial charge on any atom is -0.451 e. The Morgan fingerprint density at radius 2 is 2.10 bits per heavy atom. The van der Waals surface area contributed by atoms with Crippen molar-refractivity contribution < 1.29 is 9.21 Å². The van der Waals surface area contributed by atoms with Crippen molar-refractivity contribution in [3.8, 4) is 0 Å². The van der Waals surface area contributed by atoms with Crippen LogP contribution in [0.3, 0.4) is 0 Å². The molecule has 0 fully saturated rings. The molecule has 5 nitrogen and oxygen atoms in total. The minimum absolute atomic E-state index is 0.187. The highest BCUT2D eigenvalue weighted by atomic mass is 35.5. The van der Waals surface area contributed by atoms with Crippen LogP contribution in [0.1, 0.15) is 10.6 Å². The van der Waals surface area contributed by atoms with Gasteiger partial charge in [-0.05, 0) is 36.4 Å². The number of nitrogens with zero attached hydrogens (tertiary/aromatic N) is 1. The first kappa shape index (κ1) is 12.5. The Kier molecular flexibility index (Phi) is 3.04. The van der Waals surface area contributed by atoms with Gasteiger partial charge in [0.05, 0.1) is 0 Å². The molecule has 2 heterocycles. The summed E-state index contributed by atoms with van der Waals surface area (Å²) in [5, 5.41) is 3.88. The van der Waals surface area contributed by atoms with E-state index in [1.807, 2.05) is 0 Å². The van der Waals surface area contributed by atoms with Crippen LogP contribution in [-0.2, 0) is 0 Å². The molecular weight excluding hydrogens is 278 g/mol. The van der Waals surface area contributed by atoms with Crippen LogP contribution < -0.4 is 11.1 Å². The maximum Gasteiger partial charge on any atom is 0.292 e. The van der Waals surface area contributed by atoms with Crippen LogP contribution in [0.25, 0.3) is 11.0 Å². The maximum atomic E-state index is 12.1. The number of amides is 1. The smallest absolute Gasteiger partial charge is 0.292 e. The van der Waals surface area contributed by atoms with Gasteiger partial charge in [-0.2, -0.15) is 0 Å². The highest BCUT2D eigenvalue weighted by Gasteiger charge is 2.13. The van der Waals surface area contributed by atoms with Crippen molar-refractivity contribution in [3.63, 3.8) is 0 Å². The number of nitrogens with two attached hydrogens (primary N) is 1. The molecule has 3 N–H and O–H groups in total. The Labute approximate surface area is 119 Å². The summed E-state index contributed by atoms with van der Waals surface area (Å²) in [6.07, 6.45) is 1.51. The lowest BCUT2D eigenvalue weighted by Gasteiger charge is -2.01. The fraction of sp³-hybridized carbons (Fsp3) is 0. The summed E-state index contributed by atoms with van der Waals surface area (Å²) in [6.45, 7) is 0. The number of hydrogen-bond donors (Lipinski definition) is 2. The molecule has 6 heteroatoms. The number of hydrogen-bond acceptors (Lipinski definition) is 4. The monoisotopic (exact) mass is 287 g/mol. The normalized spacial score (nSPS) is 10.7. The van der Waals surface area contributed by atoms with Gasteiger partial charge in [0.15, 0.2) is 5.76 Å². The first-order chi connectivity index (χ1) is 9.61. The number of carbonyl (C=O) groups is 1. The summed E-state index contributed by atoms with van der Waals surface area (Å²) in [7, 11) is 0. The number of anilines is 2. The Bertz CT molecular complexity index is 798. The fourth-order valence-corrected chi connectivity index (χ4v) is 1.98. The minimum atomic E-state index is -0.394. The maximum absolute atomic E-state index is 12.1. The molecule has 0 unspecified atom stereocenters. The molecule has 2 aromatic heterocycles. The summed E-state index contributed by atoms with van der Waals surface area (Å²) >= 11 is 5.83. The number of nitrogen functional groups attached to an aromatic ring is 1. The van der Waals surface area contributed by atoms with Gasteiger partial charge < -0.3 is 15.5 Å². The average molecular weight is 288 g/mol. The molecular formula is C14H10ClN3O2. The molecule has 0 bridgehead atoms. The van der Waals surface area contributed by atoms with Crippen LogP contribution in [0.5, 0.6) is 0 Å². The molecule has 20 heavy (non-hydrogen) atoms. The quantitative estimate of drug-likeness (QED) is 0.709. The SMILES string of the molecule is Nc1ccc2oc(C(=O)Nc3cc(Cl)ccn3)cc2c1. The number of furan rings is 1. The fourth-order valence-electron chi connectivity index (χ4n) is 1.82. The Hall–Kier alpha value is -2.53. The lowest BCUT2D eigenvalue weighted by atomic mass is 10.2. The molecule has 1 aromatic carbocycles. The summed E-state index contributed by atoms with van der Waals surface area (Å²) in [4.78, 5) is 16.1. The number of carbonyl (C=O) groups excluding carboxylic acids is 1. The van der Waals surface area contributed by atoms with Gasteiger partial charge >= 0.3 is 0 Å². The second kappa shape index (κ2) is 4.86. The van der Waals surface area contributed by atoms with E-state index in [-0.39, 0.29) is 5.76 Å². The lowest BCUT2D eigenvalue weighted by molar-refractivity contribution is 0.0998. The zero-order chi connectivity index (χ0) is 14.1. The van der Waals surface area contributed by atoms with Gasteiger partial charge in [0.25, 0.3) is 5.91 Å². The van der Waals surface area contributed by atoms with E-state index in [1.165, 1.54) is 6.20 Å². The predicted molar refractivity (Wildman–Crippen MR) is 77.8 cm³/mol. The van der Waals surface area contributed by atoms with Crippen LogP contribution in [0.15, 0.2) is 47.0 Å². The van der Waals surface area contributed by atoms with Crippen LogP contribution in [0, 0.1) is 0 Å². The van der Waals surface area contributed by atoms with Gasteiger partial charge in [0, 0.05) is 22.3 Å². The van der Waals surface area contributed by atoms with Crippen molar-refractivity contribution in [1.82, 2.24) is 4.98 Å². The van der Waals surface area contributed by atoms with E-state index in [0.717, 1.165) is 5.39 Å². The molecule has 3 rings (SSSR count). The molecule has 0 aliphatic heterocycles. The van der Waals surface area contributed by atoms with Gasteiger partial charge in [-0.1, -0.05) is 11.6 Å². The number of aromatic nitrogens is 1. The second-order valence-electron chi connectivity index (χ2n) is 4.22. The van der Waals surface area contributed by atoms with Crippen LogP contribution >= 0.6 is 11.6 Å². The molecule has 0 spiro atoms. The molecule has 0 radical (unpaired) electrons. The summed E-state index contributed by atoms with van der Waals surface area (Å²) < 4.78 is 5.46. The van der Waals surface area contributed by atoms with E-state index in [9.17, 15) is 4.79 Å². The highest BCUT2D eigenvalue weighted by Crippen LogP contribution is 2.22. The number of halogens is 1. The summed E-state index contributed by atoms with van der Waals surface area (Å²) in [5.41, 5.74) is 6.90. The van der Waals surface area contributed by atoms with E-state index >= 15 is 0 Å². The third kappa shape index (κ3) is 2.44. The van der Waals surface area contributed by atoms with Crippen molar-refractivity contribution in [2.75, 3.05) is 11.1 Å². The van der Waals surface area contributed by atoms with Crippen molar-refractivity contribution in [1.29, 1.82) is 0 Å². The Balaban J connectivity index is 1.88. The molecule has 0 aliphatic rings. The van der Waals surface area contributed by atoms with Gasteiger partial charge in [-0.15, -0.1) is 0 Å². The van der Waals surface area contributed by atoms with Gasteiger partial charge in [0.1, 0.15) is 11.4 Å². The third-order valence-electron chi connectivity index (χ3n) is 2.73. The predicted octanol–water partition coefficient (Wildman–Crippen LogP) is 3.32. The van der Waals surface area contributed by atoms with Crippen molar-refractivity contribution in [2.24, 2.45) is 0 Å². The van der Waals surface area contributed by atoms with Gasteiger partial charge in [-0.3, -0.25) is 4.79 Å². The van der Waals surface area contributed by atoms with Crippen LogP contribution in [-0.4, -0.2) is 10.9 Å². The van der Waals surface area contributed by atoms with E-state index in [1.54, 1.807) is 36.4 Å². The molecule has 0 saturated carbocycles. The van der Waals surface area contributed by atoms with Crippen molar-refractivity contribution in [2.45, 2.75) is 0 Å². The molecule has 0 saturated heterocycles. The van der Waals surface area contributed by atoms with Crippen molar-refractivity contribution in [3.05, 3.63) is 53.4 Å². The van der Waals surface area contributed by atoms with Gasteiger partial charge in [-0.25, -0.2) is 4.98 Å². The lowest BCUT2D eigenvalue weighted by Crippen LogP contribution is -2.11. The van der Waals surface area contributed by atoms with E-state index < -0.39 is 5.91 Å². The Morgan fingerprint density at radius 3 is 2.90 bits per heavy atom. The molecule has 1 amide bonds. The third-order valence-corrected chi connectivity index (χ3v) is 2.96. The number of fused-ring (bicyclic) bond motifs is 1. The molecule has 0 aliphatic carbocycles. The first-order valence-electron chi connectivity index (χ1n) is 5.84. The van der Waals surface area contributed by atoms with E-state index in [2.05, 4.69) is 10.3 Å². The van der Waals surface area contributed by atoms with Crippen molar-refractivity contribution >= 4 is 40.0 Å². The number of benzene rings is 1. The largest absolute Gasteiger partial charge is 0.451 e. The number of nitrogens with one attached hydrogen (secondary N) is 1. The number of rotatable bonds is 2. The summed E-state index contributed by atoms with van der Waals surface area (Å²) in [6, 6.07) is 9.99. The second-order valence-corrected chi connectivity index (χ2v) is 4.66. The zero-order valence-corrected chi connectivity index (χ0v) is 11.0. The highest BCUT2D eigenvalue weighted by molar-refractivity contribution is 6.30. The molecule has 0 atom stereocenters.